The highest BCUT2D eigenvalue weighted by Crippen LogP contribution is 2.59. The van der Waals surface area contributed by atoms with Crippen molar-refractivity contribution in [1.82, 2.24) is 9.29 Å². The van der Waals surface area contributed by atoms with E-state index in [9.17, 15) is 8.42 Å². The van der Waals surface area contributed by atoms with E-state index in [-0.39, 0.29) is 22.6 Å². The van der Waals surface area contributed by atoms with Gasteiger partial charge in [0.1, 0.15) is 0 Å². The van der Waals surface area contributed by atoms with Gasteiger partial charge in [0.15, 0.2) is 5.03 Å². The normalized spacial score (nSPS) is 28.1. The molecule has 1 aromatic heterocycles. The molecule has 2 atom stereocenters. The molecule has 2 fully saturated rings. The summed E-state index contributed by atoms with van der Waals surface area (Å²) in [6.45, 7) is 0. The topological polar surface area (TPSA) is 59.5 Å². The Hall–Kier alpha value is -0.980. The van der Waals surface area contributed by atoms with Crippen molar-refractivity contribution >= 4 is 10.0 Å². The summed E-state index contributed by atoms with van der Waals surface area (Å²) >= 11 is 0. The fraction of sp³-hybridized carbons (Fsp3) is 0.643. The number of nitrogens with zero attached hydrogens (tertiary/aromatic N) is 2. The number of hydrogen-bond donors (Lipinski definition) is 0. The molecule has 1 aromatic rings. The minimum absolute atomic E-state index is 0.0331. The predicted molar refractivity (Wildman–Crippen MR) is 74.7 cm³/mol. The van der Waals surface area contributed by atoms with Crippen molar-refractivity contribution in [1.29, 1.82) is 0 Å². The van der Waals surface area contributed by atoms with Gasteiger partial charge in [0.25, 0.3) is 10.0 Å². The average Bonchev–Trinajstić information content (AvgIpc) is 2.37. The molecule has 0 N–H and O–H groups in total. The summed E-state index contributed by atoms with van der Waals surface area (Å²) < 4.78 is 32.2. The third kappa shape index (κ3) is 1.82. The van der Waals surface area contributed by atoms with Crippen molar-refractivity contribution < 1.29 is 13.2 Å². The van der Waals surface area contributed by atoms with Crippen molar-refractivity contribution in [3.63, 3.8) is 0 Å². The highest BCUT2D eigenvalue weighted by atomic mass is 32.2. The molecular formula is C14H20N2O3S. The van der Waals surface area contributed by atoms with Crippen molar-refractivity contribution in [3.05, 3.63) is 24.4 Å². The lowest BCUT2D eigenvalue weighted by atomic mass is 9.51. The van der Waals surface area contributed by atoms with Gasteiger partial charge in [0.05, 0.1) is 6.10 Å². The molecule has 5 nitrogen and oxygen atoms in total. The summed E-state index contributed by atoms with van der Waals surface area (Å²) in [5.41, 5.74) is 0.0331. The zero-order valence-corrected chi connectivity index (χ0v) is 12.6. The standard InChI is InChI=1S/C14H20N2O3S/c1-16(20(17,18)13-6-3-4-9-15-13)11-10-12(19-2)14(11)7-5-8-14/h3-4,6,9,11-12H,5,7-8,10H2,1-2H3. The molecule has 0 saturated heterocycles. The fourth-order valence-corrected chi connectivity index (χ4v) is 4.99. The smallest absolute Gasteiger partial charge is 0.260 e. The van der Waals surface area contributed by atoms with Crippen LogP contribution in [0.5, 0.6) is 0 Å². The van der Waals surface area contributed by atoms with Gasteiger partial charge in [-0.25, -0.2) is 13.4 Å². The number of pyridine rings is 1. The third-order valence-corrected chi connectivity index (χ3v) is 6.81. The van der Waals surface area contributed by atoms with E-state index in [0.29, 0.717) is 0 Å². The Morgan fingerprint density at radius 3 is 2.65 bits per heavy atom. The van der Waals surface area contributed by atoms with Gasteiger partial charge in [0.2, 0.25) is 0 Å². The van der Waals surface area contributed by atoms with E-state index in [1.165, 1.54) is 10.5 Å². The maximum atomic E-state index is 12.6. The average molecular weight is 296 g/mol. The molecular weight excluding hydrogens is 276 g/mol. The van der Waals surface area contributed by atoms with E-state index in [1.54, 1.807) is 32.4 Å². The minimum Gasteiger partial charge on any atom is -0.381 e. The second-order valence-corrected chi connectivity index (χ2v) is 7.70. The summed E-state index contributed by atoms with van der Waals surface area (Å²) in [6.07, 6.45) is 5.75. The Labute approximate surface area is 120 Å². The number of hydrogen-bond acceptors (Lipinski definition) is 4. The lowest BCUT2D eigenvalue weighted by Gasteiger charge is -2.62. The van der Waals surface area contributed by atoms with Crippen molar-refractivity contribution in [2.24, 2.45) is 5.41 Å². The molecule has 2 saturated carbocycles. The van der Waals surface area contributed by atoms with Crippen LogP contribution in [0.15, 0.2) is 29.4 Å². The first-order valence-corrected chi connectivity index (χ1v) is 8.38. The van der Waals surface area contributed by atoms with Crippen molar-refractivity contribution in [2.75, 3.05) is 14.2 Å². The SMILES string of the molecule is COC1CC(N(C)S(=O)(=O)c2ccccn2)C12CCC2. The molecule has 2 aliphatic rings. The fourth-order valence-electron chi connectivity index (χ4n) is 3.62. The molecule has 3 rings (SSSR count). The van der Waals surface area contributed by atoms with Gasteiger partial charge in [-0.1, -0.05) is 12.5 Å². The number of methoxy groups -OCH3 is 1. The maximum Gasteiger partial charge on any atom is 0.260 e. The van der Waals surface area contributed by atoms with E-state index in [1.807, 2.05) is 0 Å². The molecule has 0 aromatic carbocycles. The molecule has 0 amide bonds. The van der Waals surface area contributed by atoms with Gasteiger partial charge in [0, 0.05) is 31.8 Å². The minimum atomic E-state index is -3.51. The lowest BCUT2D eigenvalue weighted by Crippen LogP contribution is -2.67. The maximum absolute atomic E-state index is 12.6. The first-order valence-electron chi connectivity index (χ1n) is 6.94. The van der Waals surface area contributed by atoms with E-state index in [2.05, 4.69) is 4.98 Å². The predicted octanol–water partition coefficient (Wildman–Crippen LogP) is 1.66. The lowest BCUT2D eigenvalue weighted by molar-refractivity contribution is -0.177. The van der Waals surface area contributed by atoms with Crippen LogP contribution in [0.3, 0.4) is 0 Å². The monoisotopic (exact) mass is 296 g/mol. The van der Waals surface area contributed by atoms with Gasteiger partial charge in [-0.15, -0.1) is 0 Å². The summed E-state index contributed by atoms with van der Waals surface area (Å²) in [6, 6.07) is 5.00. The van der Waals surface area contributed by atoms with Crippen LogP contribution in [0.25, 0.3) is 0 Å². The number of sulfonamides is 1. The Morgan fingerprint density at radius 1 is 1.40 bits per heavy atom. The van der Waals surface area contributed by atoms with Crippen LogP contribution in [0.1, 0.15) is 25.7 Å². The van der Waals surface area contributed by atoms with Crippen LogP contribution in [0.2, 0.25) is 0 Å². The third-order valence-electron chi connectivity index (χ3n) is 5.03. The molecule has 0 radical (unpaired) electrons. The zero-order valence-electron chi connectivity index (χ0n) is 11.8. The van der Waals surface area contributed by atoms with Crippen LogP contribution < -0.4 is 0 Å². The Balaban J connectivity index is 1.85. The second-order valence-electron chi connectivity index (χ2n) is 5.75. The summed E-state index contributed by atoms with van der Waals surface area (Å²) in [5, 5.41) is 0.123. The van der Waals surface area contributed by atoms with E-state index >= 15 is 0 Å². The number of aromatic nitrogens is 1. The molecule has 0 bridgehead atoms. The first-order chi connectivity index (χ1) is 9.52. The van der Waals surface area contributed by atoms with Crippen molar-refractivity contribution in [2.45, 2.75) is 42.9 Å². The molecule has 1 heterocycles. The van der Waals surface area contributed by atoms with Crippen LogP contribution in [0, 0.1) is 5.41 Å². The Bertz CT molecular complexity index is 584. The Kier molecular flexibility index (Phi) is 3.35. The quantitative estimate of drug-likeness (QED) is 0.848. The van der Waals surface area contributed by atoms with Gasteiger partial charge in [-0.3, -0.25) is 0 Å². The van der Waals surface area contributed by atoms with Gasteiger partial charge < -0.3 is 4.74 Å². The molecule has 20 heavy (non-hydrogen) atoms. The van der Waals surface area contributed by atoms with Gasteiger partial charge in [-0.2, -0.15) is 4.31 Å². The van der Waals surface area contributed by atoms with Crippen LogP contribution in [-0.2, 0) is 14.8 Å². The largest absolute Gasteiger partial charge is 0.381 e. The molecule has 1 spiro atoms. The van der Waals surface area contributed by atoms with E-state index < -0.39 is 10.0 Å². The number of ether oxygens (including phenoxy) is 1. The molecule has 0 aliphatic heterocycles. The van der Waals surface area contributed by atoms with Gasteiger partial charge in [-0.05, 0) is 31.4 Å². The molecule has 110 valence electrons. The summed E-state index contributed by atoms with van der Waals surface area (Å²) in [5.74, 6) is 0. The first kappa shape index (κ1) is 14.0. The van der Waals surface area contributed by atoms with Gasteiger partial charge >= 0.3 is 0 Å². The molecule has 6 heteroatoms. The second kappa shape index (κ2) is 4.79. The van der Waals surface area contributed by atoms with Crippen molar-refractivity contribution in [3.8, 4) is 0 Å². The number of rotatable bonds is 4. The van der Waals surface area contributed by atoms with Crippen LogP contribution in [0.4, 0.5) is 0 Å². The molecule has 2 aliphatic carbocycles. The zero-order chi connectivity index (χ0) is 14.4. The highest BCUT2D eigenvalue weighted by Gasteiger charge is 2.61. The highest BCUT2D eigenvalue weighted by molar-refractivity contribution is 7.89. The van der Waals surface area contributed by atoms with E-state index in [0.717, 1.165) is 25.7 Å². The Morgan fingerprint density at radius 2 is 2.15 bits per heavy atom. The van der Waals surface area contributed by atoms with E-state index in [4.69, 9.17) is 4.74 Å². The van der Waals surface area contributed by atoms with Crippen LogP contribution in [-0.4, -0.2) is 44.0 Å². The van der Waals surface area contributed by atoms with Crippen LogP contribution >= 0.6 is 0 Å². The molecule has 2 unspecified atom stereocenters. The summed E-state index contributed by atoms with van der Waals surface area (Å²) in [7, 11) is -0.128. The summed E-state index contributed by atoms with van der Waals surface area (Å²) in [4.78, 5) is 3.98.